The zero-order valence-corrected chi connectivity index (χ0v) is 7.45. The molecule has 2 aromatic heterocycles. The van der Waals surface area contributed by atoms with Gasteiger partial charge in [-0.05, 0) is 29.5 Å². The number of aromatic nitrogens is 4. The number of nitrogens with two attached hydrogens (primary N) is 1. The number of nitrogens with zero attached hydrogens (tertiary/aromatic N) is 5. The molecule has 2 rings (SSSR count). The topological polar surface area (TPSA) is 95.1 Å². The van der Waals surface area contributed by atoms with Crippen molar-refractivity contribution in [2.75, 3.05) is 5.73 Å². The third-order valence-electron chi connectivity index (χ3n) is 1.53. The maximum absolute atomic E-state index is 5.39. The van der Waals surface area contributed by atoms with E-state index >= 15 is 0 Å². The second-order valence-corrected chi connectivity index (χ2v) is 2.62. The van der Waals surface area contributed by atoms with Gasteiger partial charge in [-0.1, -0.05) is 9.89 Å². The lowest BCUT2D eigenvalue weighted by Gasteiger charge is -1.88. The van der Waals surface area contributed by atoms with E-state index < -0.39 is 0 Å². The summed E-state index contributed by atoms with van der Waals surface area (Å²) in [4.78, 5) is 1.11. The van der Waals surface area contributed by atoms with E-state index in [0.29, 0.717) is 5.76 Å². The first-order valence-corrected chi connectivity index (χ1v) is 3.90. The first kappa shape index (κ1) is 8.42. The highest BCUT2D eigenvalue weighted by atomic mass is 16.3. The van der Waals surface area contributed by atoms with Crippen molar-refractivity contribution in [1.82, 2.24) is 20.3 Å². The van der Waals surface area contributed by atoms with Crippen LogP contribution in [0.1, 0.15) is 11.5 Å². The Labute approximate surface area is 79.2 Å². The largest absolute Gasteiger partial charge is 0.460 e. The second kappa shape index (κ2) is 3.29. The van der Waals surface area contributed by atoms with E-state index in [1.54, 1.807) is 6.07 Å². The fraction of sp³-hybridized carbons (Fsp3) is 0.143. The summed E-state index contributed by atoms with van der Waals surface area (Å²) in [6.45, 7) is 1.85. The second-order valence-electron chi connectivity index (χ2n) is 2.62. The molecule has 7 nitrogen and oxygen atoms in total. The molecule has 0 spiro atoms. The van der Waals surface area contributed by atoms with Crippen LogP contribution in [0.4, 0.5) is 5.95 Å². The summed E-state index contributed by atoms with van der Waals surface area (Å²) in [6.07, 6.45) is 1.49. The van der Waals surface area contributed by atoms with Crippen LogP contribution in [0.25, 0.3) is 0 Å². The number of anilines is 1. The molecule has 2 aromatic rings. The van der Waals surface area contributed by atoms with Crippen LogP contribution >= 0.6 is 0 Å². The monoisotopic (exact) mass is 192 g/mol. The Balaban J connectivity index is 2.19. The predicted molar refractivity (Wildman–Crippen MR) is 48.7 cm³/mol. The van der Waals surface area contributed by atoms with E-state index in [2.05, 4.69) is 20.6 Å². The zero-order chi connectivity index (χ0) is 9.97. The van der Waals surface area contributed by atoms with Crippen molar-refractivity contribution in [3.05, 3.63) is 23.7 Å². The predicted octanol–water partition coefficient (Wildman–Crippen LogP) is 0.0389. The van der Waals surface area contributed by atoms with Crippen molar-refractivity contribution in [2.24, 2.45) is 5.10 Å². The molecule has 0 atom stereocenters. The molecule has 0 aliphatic rings. The lowest BCUT2D eigenvalue weighted by atomic mass is 10.4. The number of furan rings is 1. The smallest absolute Gasteiger partial charge is 0.263 e. The van der Waals surface area contributed by atoms with Crippen molar-refractivity contribution in [2.45, 2.75) is 6.92 Å². The first-order chi connectivity index (χ1) is 6.75. The fourth-order valence-electron chi connectivity index (χ4n) is 0.906. The molecule has 0 amide bonds. The van der Waals surface area contributed by atoms with Crippen molar-refractivity contribution < 1.29 is 4.42 Å². The van der Waals surface area contributed by atoms with Crippen LogP contribution in [0.15, 0.2) is 21.7 Å². The summed E-state index contributed by atoms with van der Waals surface area (Å²) in [5, 5.41) is 14.2. The molecule has 0 bridgehead atoms. The minimum Gasteiger partial charge on any atom is -0.460 e. The molecule has 0 radical (unpaired) electrons. The van der Waals surface area contributed by atoms with E-state index in [0.717, 1.165) is 10.6 Å². The van der Waals surface area contributed by atoms with Gasteiger partial charge in [-0.3, -0.25) is 0 Å². The Morgan fingerprint density at radius 1 is 1.57 bits per heavy atom. The highest BCUT2D eigenvalue weighted by molar-refractivity contribution is 5.75. The maximum Gasteiger partial charge on any atom is 0.263 e. The van der Waals surface area contributed by atoms with Crippen LogP contribution in [-0.4, -0.2) is 26.5 Å². The van der Waals surface area contributed by atoms with Crippen LogP contribution in [0.3, 0.4) is 0 Å². The van der Waals surface area contributed by atoms with Crippen molar-refractivity contribution in [3.63, 3.8) is 0 Å². The molecule has 0 saturated heterocycles. The van der Waals surface area contributed by atoms with E-state index in [-0.39, 0.29) is 5.95 Å². The lowest BCUT2D eigenvalue weighted by Crippen LogP contribution is -1.99. The highest BCUT2D eigenvalue weighted by Crippen LogP contribution is 2.03. The first-order valence-electron chi connectivity index (χ1n) is 3.90. The number of hydrogen-bond donors (Lipinski definition) is 1. The van der Waals surface area contributed by atoms with Crippen LogP contribution in [0.2, 0.25) is 0 Å². The third kappa shape index (κ3) is 1.60. The molecule has 0 unspecified atom stereocenters. The summed E-state index contributed by atoms with van der Waals surface area (Å²) in [6, 6.07) is 3.63. The third-order valence-corrected chi connectivity index (χ3v) is 1.53. The van der Waals surface area contributed by atoms with E-state index in [1.807, 2.05) is 13.0 Å². The molecular weight excluding hydrogens is 184 g/mol. The summed E-state index contributed by atoms with van der Waals surface area (Å²) in [5.41, 5.74) is 5.39. The molecule has 0 aliphatic carbocycles. The Morgan fingerprint density at radius 2 is 2.43 bits per heavy atom. The van der Waals surface area contributed by atoms with Gasteiger partial charge in [0.1, 0.15) is 11.5 Å². The van der Waals surface area contributed by atoms with E-state index in [1.165, 1.54) is 6.21 Å². The maximum atomic E-state index is 5.39. The summed E-state index contributed by atoms with van der Waals surface area (Å²) < 4.78 is 5.25. The summed E-state index contributed by atoms with van der Waals surface area (Å²) >= 11 is 0. The van der Waals surface area contributed by atoms with Gasteiger partial charge in [-0.2, -0.15) is 5.10 Å². The average Bonchev–Trinajstić information content (AvgIpc) is 2.72. The van der Waals surface area contributed by atoms with E-state index in [4.69, 9.17) is 10.2 Å². The van der Waals surface area contributed by atoms with Crippen LogP contribution < -0.4 is 5.73 Å². The zero-order valence-electron chi connectivity index (χ0n) is 7.45. The molecule has 0 aliphatic heterocycles. The lowest BCUT2D eigenvalue weighted by molar-refractivity contribution is 0.526. The number of nitrogen functional groups attached to an aromatic ring is 1. The van der Waals surface area contributed by atoms with Crippen molar-refractivity contribution >= 4 is 12.2 Å². The van der Waals surface area contributed by atoms with Gasteiger partial charge < -0.3 is 10.2 Å². The summed E-state index contributed by atoms with van der Waals surface area (Å²) in [7, 11) is 0. The van der Waals surface area contributed by atoms with Gasteiger partial charge in [-0.25, -0.2) is 0 Å². The minimum absolute atomic E-state index is 0.129. The van der Waals surface area contributed by atoms with Gasteiger partial charge in [0.25, 0.3) is 5.95 Å². The van der Waals surface area contributed by atoms with Gasteiger partial charge >= 0.3 is 0 Å². The van der Waals surface area contributed by atoms with Crippen molar-refractivity contribution in [3.8, 4) is 0 Å². The molecule has 14 heavy (non-hydrogen) atoms. The Morgan fingerprint density at radius 3 is 3.00 bits per heavy atom. The Bertz CT molecular complexity index is 456. The van der Waals surface area contributed by atoms with Crippen LogP contribution in [-0.2, 0) is 0 Å². The minimum atomic E-state index is 0.129. The average molecular weight is 192 g/mol. The molecule has 2 N–H and O–H groups in total. The quantitative estimate of drug-likeness (QED) is 0.677. The summed E-state index contributed by atoms with van der Waals surface area (Å²) in [5.74, 6) is 1.57. The van der Waals surface area contributed by atoms with Gasteiger partial charge in [0.15, 0.2) is 0 Å². The van der Waals surface area contributed by atoms with Gasteiger partial charge in [0, 0.05) is 0 Å². The fourth-order valence-corrected chi connectivity index (χ4v) is 0.906. The Hall–Kier alpha value is -2.18. The van der Waals surface area contributed by atoms with Crippen LogP contribution in [0, 0.1) is 6.92 Å². The molecular formula is C7H8N6O. The number of rotatable bonds is 2. The number of tetrazole rings is 1. The standard InChI is InChI=1S/C7H8N6O/c1-5-2-3-6(14-5)4-9-13-7(8)10-11-12-13/h2-4H,1H3,(H2,8,10,12). The van der Waals surface area contributed by atoms with Gasteiger partial charge in [0.05, 0.1) is 6.21 Å². The molecule has 0 saturated carbocycles. The van der Waals surface area contributed by atoms with Gasteiger partial charge in [-0.15, -0.1) is 0 Å². The number of hydrogen-bond acceptors (Lipinski definition) is 6. The van der Waals surface area contributed by atoms with Crippen LogP contribution in [0.5, 0.6) is 0 Å². The van der Waals surface area contributed by atoms with Gasteiger partial charge in [0.2, 0.25) is 0 Å². The highest BCUT2D eigenvalue weighted by Gasteiger charge is 1.98. The van der Waals surface area contributed by atoms with Crippen molar-refractivity contribution in [1.29, 1.82) is 0 Å². The number of aryl methyl sites for hydroxylation is 1. The normalized spacial score (nSPS) is 11.2. The Kier molecular flexibility index (Phi) is 1.98. The SMILES string of the molecule is Cc1ccc(C=Nn2nnnc2N)o1. The molecule has 7 heteroatoms. The molecule has 0 fully saturated rings. The molecule has 72 valence electrons. The molecule has 2 heterocycles. The van der Waals surface area contributed by atoms with E-state index in [9.17, 15) is 0 Å². The molecule has 0 aromatic carbocycles.